The number of hydrogen-bond acceptors (Lipinski definition) is 2. The van der Waals surface area contributed by atoms with Crippen molar-refractivity contribution in [2.75, 3.05) is 0 Å². The molecule has 4 aromatic rings. The number of ether oxygens (including phenoxy) is 1. The second-order valence-corrected chi connectivity index (χ2v) is 8.88. The largest absolute Gasteiger partial charge is 0.489 e. The van der Waals surface area contributed by atoms with Crippen molar-refractivity contribution < 1.29 is 14.6 Å². The highest BCUT2D eigenvalue weighted by Crippen LogP contribution is 2.70. The quantitative estimate of drug-likeness (QED) is 0.344. The van der Waals surface area contributed by atoms with Crippen LogP contribution in [0.1, 0.15) is 35.4 Å². The van der Waals surface area contributed by atoms with E-state index in [1.54, 1.807) is 0 Å². The molecule has 33 heavy (non-hydrogen) atoms. The Bertz CT molecular complexity index is 1250. The summed E-state index contributed by atoms with van der Waals surface area (Å²) in [5.74, 6) is 0.0302. The maximum Gasteiger partial charge on any atom is 0.310 e. The van der Waals surface area contributed by atoms with Crippen LogP contribution >= 0.6 is 0 Å². The van der Waals surface area contributed by atoms with Crippen LogP contribution in [0.4, 0.5) is 0 Å². The van der Waals surface area contributed by atoms with Gasteiger partial charge in [0.25, 0.3) is 0 Å². The van der Waals surface area contributed by atoms with Crippen molar-refractivity contribution in [1.82, 2.24) is 0 Å². The molecule has 5 rings (SSSR count). The summed E-state index contributed by atoms with van der Waals surface area (Å²) in [6.07, 6.45) is 0. The van der Waals surface area contributed by atoms with Gasteiger partial charge < -0.3 is 9.84 Å². The van der Waals surface area contributed by atoms with Crippen LogP contribution in [0.5, 0.6) is 5.75 Å². The normalized spacial score (nSPS) is 21.4. The van der Waals surface area contributed by atoms with Crippen molar-refractivity contribution >= 4 is 5.97 Å². The van der Waals surface area contributed by atoms with Crippen molar-refractivity contribution in [3.8, 4) is 16.9 Å². The number of aliphatic carboxylic acids is 1. The molecule has 0 heterocycles. The summed E-state index contributed by atoms with van der Waals surface area (Å²) in [6.45, 7) is 2.39. The molecule has 4 aromatic carbocycles. The number of rotatable bonds is 7. The lowest BCUT2D eigenvalue weighted by molar-refractivity contribution is -0.143. The first-order chi connectivity index (χ1) is 16.1. The first-order valence-corrected chi connectivity index (χ1v) is 11.2. The second-order valence-electron chi connectivity index (χ2n) is 8.88. The predicted molar refractivity (Wildman–Crippen MR) is 130 cm³/mol. The molecule has 1 aliphatic rings. The van der Waals surface area contributed by atoms with Crippen LogP contribution < -0.4 is 4.74 Å². The lowest BCUT2D eigenvalue weighted by Crippen LogP contribution is -2.14. The molecular formula is C30H26O3. The third-order valence-electron chi connectivity index (χ3n) is 6.82. The van der Waals surface area contributed by atoms with Gasteiger partial charge in [-0.05, 0) is 46.9 Å². The molecule has 3 unspecified atom stereocenters. The summed E-state index contributed by atoms with van der Waals surface area (Å²) in [5, 5.41) is 9.96. The fraction of sp³-hybridized carbons (Fsp3) is 0.167. The second kappa shape index (κ2) is 8.59. The number of benzene rings is 4. The highest BCUT2D eigenvalue weighted by molar-refractivity contribution is 5.83. The van der Waals surface area contributed by atoms with Gasteiger partial charge in [-0.3, -0.25) is 4.79 Å². The van der Waals surface area contributed by atoms with E-state index >= 15 is 0 Å². The SMILES string of the molecule is CC1(C(=O)O)C(c2ccccc2)C1c1ccc(-c2cccc(OCc3ccccc3)c2)cc1. The van der Waals surface area contributed by atoms with Gasteiger partial charge in [0.15, 0.2) is 0 Å². The van der Waals surface area contributed by atoms with E-state index in [1.807, 2.05) is 85.8 Å². The Kier molecular flexibility index (Phi) is 5.47. The summed E-state index contributed by atoms with van der Waals surface area (Å²) in [4.78, 5) is 12.1. The molecule has 0 aromatic heterocycles. The van der Waals surface area contributed by atoms with Gasteiger partial charge in [-0.15, -0.1) is 0 Å². The zero-order chi connectivity index (χ0) is 22.8. The molecule has 0 aliphatic heterocycles. The molecule has 3 heteroatoms. The predicted octanol–water partition coefficient (Wildman–Crippen LogP) is 6.90. The Morgan fingerprint density at radius 2 is 1.36 bits per heavy atom. The van der Waals surface area contributed by atoms with Gasteiger partial charge in [-0.2, -0.15) is 0 Å². The summed E-state index contributed by atoms with van der Waals surface area (Å²) in [6, 6.07) is 36.5. The van der Waals surface area contributed by atoms with E-state index in [0.29, 0.717) is 6.61 Å². The van der Waals surface area contributed by atoms with Crippen molar-refractivity contribution in [3.05, 3.63) is 126 Å². The molecule has 0 radical (unpaired) electrons. The Morgan fingerprint density at radius 3 is 2.00 bits per heavy atom. The Balaban J connectivity index is 1.35. The van der Waals surface area contributed by atoms with Crippen LogP contribution in [-0.2, 0) is 11.4 Å². The van der Waals surface area contributed by atoms with E-state index in [0.717, 1.165) is 33.6 Å². The minimum absolute atomic E-state index is 0.0169. The minimum Gasteiger partial charge on any atom is -0.489 e. The highest BCUT2D eigenvalue weighted by atomic mass is 16.5. The molecule has 1 aliphatic carbocycles. The van der Waals surface area contributed by atoms with Gasteiger partial charge in [0.05, 0.1) is 5.41 Å². The molecule has 1 N–H and O–H groups in total. The maximum atomic E-state index is 12.1. The van der Waals surface area contributed by atoms with E-state index in [1.165, 1.54) is 0 Å². The average Bonchev–Trinajstić information content (AvgIpc) is 3.51. The number of hydrogen-bond donors (Lipinski definition) is 1. The van der Waals surface area contributed by atoms with Crippen molar-refractivity contribution in [1.29, 1.82) is 0 Å². The number of carboxylic acid groups (broad SMARTS) is 1. The summed E-state index contributed by atoms with van der Waals surface area (Å²) >= 11 is 0. The van der Waals surface area contributed by atoms with E-state index < -0.39 is 11.4 Å². The van der Waals surface area contributed by atoms with Gasteiger partial charge in [0.2, 0.25) is 0 Å². The van der Waals surface area contributed by atoms with Gasteiger partial charge in [0, 0.05) is 11.8 Å². The first-order valence-electron chi connectivity index (χ1n) is 11.2. The van der Waals surface area contributed by atoms with Crippen LogP contribution in [0.3, 0.4) is 0 Å². The molecule has 1 saturated carbocycles. The molecule has 164 valence electrons. The Labute approximate surface area is 194 Å². The van der Waals surface area contributed by atoms with E-state index in [9.17, 15) is 9.90 Å². The van der Waals surface area contributed by atoms with Gasteiger partial charge >= 0.3 is 5.97 Å². The number of carboxylic acids is 1. The lowest BCUT2D eigenvalue weighted by Gasteiger charge is -2.10. The molecular weight excluding hydrogens is 408 g/mol. The average molecular weight is 435 g/mol. The third-order valence-corrected chi connectivity index (χ3v) is 6.82. The van der Waals surface area contributed by atoms with Gasteiger partial charge in [-0.25, -0.2) is 0 Å². The summed E-state index contributed by atoms with van der Waals surface area (Å²) in [5.41, 5.74) is 4.65. The Morgan fingerprint density at radius 1 is 0.758 bits per heavy atom. The molecule has 0 bridgehead atoms. The zero-order valence-corrected chi connectivity index (χ0v) is 18.5. The fourth-order valence-corrected chi connectivity index (χ4v) is 4.91. The summed E-state index contributed by atoms with van der Waals surface area (Å²) in [7, 11) is 0. The molecule has 3 nitrogen and oxygen atoms in total. The summed E-state index contributed by atoms with van der Waals surface area (Å²) < 4.78 is 5.98. The minimum atomic E-state index is -0.784. The van der Waals surface area contributed by atoms with Crippen LogP contribution in [0, 0.1) is 5.41 Å². The van der Waals surface area contributed by atoms with Crippen molar-refractivity contribution in [2.45, 2.75) is 25.4 Å². The van der Waals surface area contributed by atoms with Crippen LogP contribution in [0.15, 0.2) is 109 Å². The fourth-order valence-electron chi connectivity index (χ4n) is 4.91. The molecule has 0 spiro atoms. The smallest absolute Gasteiger partial charge is 0.310 e. The zero-order valence-electron chi connectivity index (χ0n) is 18.5. The van der Waals surface area contributed by atoms with Gasteiger partial charge in [-0.1, -0.05) is 97.1 Å². The van der Waals surface area contributed by atoms with Crippen LogP contribution in [-0.4, -0.2) is 11.1 Å². The topological polar surface area (TPSA) is 46.5 Å². The highest BCUT2D eigenvalue weighted by Gasteiger charge is 2.67. The third kappa shape index (κ3) is 4.03. The van der Waals surface area contributed by atoms with Crippen LogP contribution in [0.2, 0.25) is 0 Å². The van der Waals surface area contributed by atoms with Crippen molar-refractivity contribution in [2.24, 2.45) is 5.41 Å². The van der Waals surface area contributed by atoms with E-state index in [2.05, 4.69) is 30.3 Å². The van der Waals surface area contributed by atoms with Crippen molar-refractivity contribution in [3.63, 3.8) is 0 Å². The maximum absolute atomic E-state index is 12.1. The van der Waals surface area contributed by atoms with Gasteiger partial charge in [0.1, 0.15) is 12.4 Å². The van der Waals surface area contributed by atoms with Crippen LogP contribution in [0.25, 0.3) is 11.1 Å². The lowest BCUT2D eigenvalue weighted by atomic mass is 9.98. The monoisotopic (exact) mass is 434 g/mol. The molecule has 3 atom stereocenters. The first kappa shape index (κ1) is 21.0. The Hall–Kier alpha value is -3.85. The number of carbonyl (C=O) groups is 1. The van der Waals surface area contributed by atoms with E-state index in [-0.39, 0.29) is 11.8 Å². The van der Waals surface area contributed by atoms with E-state index in [4.69, 9.17) is 4.74 Å². The standard InChI is InChI=1S/C30H26O3/c1-30(29(31)32)27(23-11-6-3-7-12-23)28(30)24-17-15-22(16-18-24)25-13-8-14-26(19-25)33-20-21-9-4-2-5-10-21/h2-19,27-28H,20H2,1H3,(H,31,32). The molecule has 0 saturated heterocycles. The molecule has 0 amide bonds. The molecule has 1 fully saturated rings.